The lowest BCUT2D eigenvalue weighted by atomic mass is 9.93. The van der Waals surface area contributed by atoms with Crippen molar-refractivity contribution in [3.8, 4) is 11.5 Å². The summed E-state index contributed by atoms with van der Waals surface area (Å²) in [6.07, 6.45) is 8.20. The van der Waals surface area contributed by atoms with Crippen LogP contribution in [0.1, 0.15) is 56.9 Å². The van der Waals surface area contributed by atoms with Crippen LogP contribution in [0.5, 0.6) is 11.5 Å². The van der Waals surface area contributed by atoms with Crippen molar-refractivity contribution < 1.29 is 19.1 Å². The molecule has 2 aliphatic heterocycles. The predicted molar refractivity (Wildman–Crippen MR) is 100 cm³/mol. The molecular weight excluding hydrogens is 344 g/mol. The van der Waals surface area contributed by atoms with Crippen molar-refractivity contribution in [3.63, 3.8) is 0 Å². The molecule has 0 radical (unpaired) electrons. The number of amides is 2. The Hall–Kier alpha value is -2.24. The smallest absolute Gasteiger partial charge is 0.231 e. The molecule has 1 aliphatic carbocycles. The van der Waals surface area contributed by atoms with E-state index in [1.807, 2.05) is 23.1 Å². The molecule has 4 rings (SSSR count). The Morgan fingerprint density at radius 1 is 1.07 bits per heavy atom. The normalized spacial score (nSPS) is 23.2. The summed E-state index contributed by atoms with van der Waals surface area (Å²) in [6.45, 7) is 1.28. The number of likely N-dealkylation sites (tertiary alicyclic amines) is 1. The first-order chi connectivity index (χ1) is 13.2. The van der Waals surface area contributed by atoms with Crippen LogP contribution in [-0.2, 0) is 16.1 Å². The average molecular weight is 372 g/mol. The van der Waals surface area contributed by atoms with E-state index in [9.17, 15) is 9.59 Å². The van der Waals surface area contributed by atoms with Gasteiger partial charge in [0, 0.05) is 25.6 Å². The summed E-state index contributed by atoms with van der Waals surface area (Å²) in [4.78, 5) is 27.1. The van der Waals surface area contributed by atoms with Gasteiger partial charge in [0.05, 0.1) is 5.92 Å². The summed E-state index contributed by atoms with van der Waals surface area (Å²) in [7, 11) is 0. The molecule has 0 aromatic heterocycles. The van der Waals surface area contributed by atoms with Crippen molar-refractivity contribution in [1.82, 2.24) is 10.2 Å². The van der Waals surface area contributed by atoms with Gasteiger partial charge in [-0.25, -0.2) is 0 Å². The second-order valence-electron chi connectivity index (χ2n) is 7.83. The quantitative estimate of drug-likeness (QED) is 0.825. The van der Waals surface area contributed by atoms with Crippen molar-refractivity contribution in [3.05, 3.63) is 23.8 Å². The zero-order chi connectivity index (χ0) is 18.6. The number of nitrogens with zero attached hydrogens (tertiary/aromatic N) is 1. The SMILES string of the molecule is O=C(NCc1ccc2c(c1)OCO2)C1CCC(=O)N(C2CCCCCC2)C1. The molecule has 1 aromatic carbocycles. The molecule has 1 N–H and O–H groups in total. The zero-order valence-electron chi connectivity index (χ0n) is 15.7. The van der Waals surface area contributed by atoms with E-state index in [0.717, 1.165) is 29.9 Å². The summed E-state index contributed by atoms with van der Waals surface area (Å²) < 4.78 is 10.7. The van der Waals surface area contributed by atoms with E-state index in [-0.39, 0.29) is 24.5 Å². The molecule has 2 fully saturated rings. The average Bonchev–Trinajstić information content (AvgIpc) is 2.99. The molecule has 1 unspecified atom stereocenters. The standard InChI is InChI=1S/C21H28N2O4/c24-20-10-8-16(13-23(20)17-5-3-1-2-4-6-17)21(25)22-12-15-7-9-18-19(11-15)27-14-26-18/h7,9,11,16-17H,1-6,8,10,12-14H2,(H,22,25). The summed E-state index contributed by atoms with van der Waals surface area (Å²) in [5.74, 6) is 1.62. The van der Waals surface area contributed by atoms with Gasteiger partial charge < -0.3 is 19.7 Å². The fourth-order valence-electron chi connectivity index (χ4n) is 4.39. The Kier molecular flexibility index (Phi) is 5.50. The highest BCUT2D eigenvalue weighted by Gasteiger charge is 2.34. The lowest BCUT2D eigenvalue weighted by Crippen LogP contribution is -2.49. The number of hydrogen-bond acceptors (Lipinski definition) is 4. The Balaban J connectivity index is 1.33. The highest BCUT2D eigenvalue weighted by molar-refractivity contribution is 5.84. The van der Waals surface area contributed by atoms with Gasteiger partial charge in [-0.15, -0.1) is 0 Å². The molecule has 6 heteroatoms. The number of hydrogen-bond donors (Lipinski definition) is 1. The van der Waals surface area contributed by atoms with Crippen molar-refractivity contribution >= 4 is 11.8 Å². The van der Waals surface area contributed by atoms with E-state index >= 15 is 0 Å². The molecule has 0 spiro atoms. The van der Waals surface area contributed by atoms with E-state index in [0.29, 0.717) is 32.0 Å². The van der Waals surface area contributed by atoms with Crippen molar-refractivity contribution in [1.29, 1.82) is 0 Å². The minimum atomic E-state index is -0.111. The number of carbonyl (C=O) groups is 2. The Morgan fingerprint density at radius 3 is 2.67 bits per heavy atom. The third-order valence-electron chi connectivity index (χ3n) is 5.98. The third-order valence-corrected chi connectivity index (χ3v) is 5.98. The maximum atomic E-state index is 12.7. The monoisotopic (exact) mass is 372 g/mol. The van der Waals surface area contributed by atoms with Gasteiger partial charge in [-0.05, 0) is 37.0 Å². The summed E-state index contributed by atoms with van der Waals surface area (Å²) in [5, 5.41) is 3.04. The van der Waals surface area contributed by atoms with Gasteiger partial charge in [-0.3, -0.25) is 9.59 Å². The van der Waals surface area contributed by atoms with E-state index < -0.39 is 0 Å². The number of ether oxygens (including phenoxy) is 2. The van der Waals surface area contributed by atoms with Crippen LogP contribution in [0.4, 0.5) is 0 Å². The van der Waals surface area contributed by atoms with E-state index in [2.05, 4.69) is 5.32 Å². The molecule has 27 heavy (non-hydrogen) atoms. The third kappa shape index (κ3) is 4.20. The number of piperidine rings is 1. The minimum absolute atomic E-state index is 0.0405. The Labute approximate surface area is 160 Å². The van der Waals surface area contributed by atoms with Crippen LogP contribution in [0.3, 0.4) is 0 Å². The van der Waals surface area contributed by atoms with Gasteiger partial charge in [0.1, 0.15) is 0 Å². The van der Waals surface area contributed by atoms with Crippen molar-refractivity contribution in [2.75, 3.05) is 13.3 Å². The molecule has 2 heterocycles. The van der Waals surface area contributed by atoms with Crippen molar-refractivity contribution in [2.45, 2.75) is 64.0 Å². The number of rotatable bonds is 4. The summed E-state index contributed by atoms with van der Waals surface area (Å²) in [5.41, 5.74) is 0.986. The molecule has 1 aromatic rings. The molecule has 2 amide bonds. The van der Waals surface area contributed by atoms with Gasteiger partial charge >= 0.3 is 0 Å². The molecule has 1 saturated heterocycles. The molecule has 0 bridgehead atoms. The first kappa shape index (κ1) is 18.1. The molecule has 3 aliphatic rings. The van der Waals surface area contributed by atoms with E-state index in [1.54, 1.807) is 0 Å². The van der Waals surface area contributed by atoms with Crippen LogP contribution in [0.25, 0.3) is 0 Å². The van der Waals surface area contributed by atoms with Gasteiger partial charge in [0.2, 0.25) is 18.6 Å². The lowest BCUT2D eigenvalue weighted by molar-refractivity contribution is -0.141. The molecular formula is C21H28N2O4. The first-order valence-corrected chi connectivity index (χ1v) is 10.2. The van der Waals surface area contributed by atoms with Crippen LogP contribution in [0.15, 0.2) is 18.2 Å². The van der Waals surface area contributed by atoms with Gasteiger partial charge in [-0.2, -0.15) is 0 Å². The Morgan fingerprint density at radius 2 is 1.85 bits per heavy atom. The number of nitrogens with one attached hydrogen (secondary N) is 1. The predicted octanol–water partition coefficient (Wildman–Crippen LogP) is 2.99. The fraction of sp³-hybridized carbons (Fsp3) is 0.619. The van der Waals surface area contributed by atoms with Crippen LogP contribution in [0.2, 0.25) is 0 Å². The largest absolute Gasteiger partial charge is 0.454 e. The Bertz CT molecular complexity index is 697. The maximum absolute atomic E-state index is 12.7. The highest BCUT2D eigenvalue weighted by Crippen LogP contribution is 2.32. The fourth-order valence-corrected chi connectivity index (χ4v) is 4.39. The number of carbonyl (C=O) groups excluding carboxylic acids is 2. The van der Waals surface area contributed by atoms with Crippen LogP contribution >= 0.6 is 0 Å². The number of benzene rings is 1. The van der Waals surface area contributed by atoms with Crippen molar-refractivity contribution in [2.24, 2.45) is 5.92 Å². The first-order valence-electron chi connectivity index (χ1n) is 10.2. The highest BCUT2D eigenvalue weighted by atomic mass is 16.7. The van der Waals surface area contributed by atoms with Crippen LogP contribution in [-0.4, -0.2) is 36.1 Å². The zero-order valence-corrected chi connectivity index (χ0v) is 15.7. The summed E-state index contributed by atoms with van der Waals surface area (Å²) >= 11 is 0. The van der Waals surface area contributed by atoms with E-state index in [4.69, 9.17) is 9.47 Å². The van der Waals surface area contributed by atoms with Crippen LogP contribution in [0, 0.1) is 5.92 Å². The van der Waals surface area contributed by atoms with E-state index in [1.165, 1.54) is 25.7 Å². The van der Waals surface area contributed by atoms with Gasteiger partial charge in [-0.1, -0.05) is 31.7 Å². The van der Waals surface area contributed by atoms with Crippen LogP contribution < -0.4 is 14.8 Å². The molecule has 146 valence electrons. The summed E-state index contributed by atoms with van der Waals surface area (Å²) in [6, 6.07) is 6.04. The maximum Gasteiger partial charge on any atom is 0.231 e. The second kappa shape index (κ2) is 8.19. The minimum Gasteiger partial charge on any atom is -0.454 e. The topological polar surface area (TPSA) is 67.9 Å². The molecule has 6 nitrogen and oxygen atoms in total. The second-order valence-corrected chi connectivity index (χ2v) is 7.83. The molecule has 1 atom stereocenters. The van der Waals surface area contributed by atoms with Gasteiger partial charge in [0.15, 0.2) is 11.5 Å². The lowest BCUT2D eigenvalue weighted by Gasteiger charge is -2.37. The molecule has 1 saturated carbocycles. The van der Waals surface area contributed by atoms with Gasteiger partial charge in [0.25, 0.3) is 0 Å². The number of fused-ring (bicyclic) bond motifs is 1.